The van der Waals surface area contributed by atoms with Gasteiger partial charge in [0.05, 0.1) is 0 Å². The summed E-state index contributed by atoms with van der Waals surface area (Å²) in [5, 5.41) is 11.9. The van der Waals surface area contributed by atoms with Crippen molar-refractivity contribution in [2.45, 2.75) is 130 Å². The molecular weight excluding hydrogens is 524 g/mol. The number of unbranched alkanes of at least 4 members (excludes halogenated alkanes) is 5. The molecule has 1 fully saturated rings. The maximum absolute atomic E-state index is 12.1. The van der Waals surface area contributed by atoms with Gasteiger partial charge in [0.25, 0.3) is 5.09 Å². The van der Waals surface area contributed by atoms with E-state index in [1.54, 1.807) is 18.2 Å². The third-order valence-corrected chi connectivity index (χ3v) is 7.12. The standard InChI is InChI=1S/C17H22N2O6.C15H28O/c1-3-4-5-6-11-16(20)18-13(2)17(21)25-15-10-8-7-9-14(15)12-24-19(22)23;1-2-3-4-5-6-11-15(16)13-12-14-9-7-8-10-14/h3-4,7-10,13H,5-6,11-12H2,1-2H3,(H,18,20);14H,2-13H2,1H3/b4-3-;. The minimum absolute atomic E-state index is 0.156. The highest BCUT2D eigenvalue weighted by atomic mass is 16.9. The largest absolute Gasteiger partial charge is 0.425 e. The fourth-order valence-electron chi connectivity index (χ4n) is 4.68. The number of rotatable bonds is 19. The van der Waals surface area contributed by atoms with E-state index in [2.05, 4.69) is 17.1 Å². The van der Waals surface area contributed by atoms with E-state index in [4.69, 9.17) is 4.74 Å². The van der Waals surface area contributed by atoms with Gasteiger partial charge < -0.3 is 14.9 Å². The van der Waals surface area contributed by atoms with Crippen LogP contribution in [0.5, 0.6) is 5.75 Å². The van der Waals surface area contributed by atoms with Gasteiger partial charge in [-0.25, -0.2) is 4.79 Å². The topological polar surface area (TPSA) is 125 Å². The van der Waals surface area contributed by atoms with E-state index in [1.165, 1.54) is 70.8 Å². The Bertz CT molecular complexity index is 942. The molecule has 1 aromatic rings. The van der Waals surface area contributed by atoms with Crippen molar-refractivity contribution in [1.29, 1.82) is 0 Å². The van der Waals surface area contributed by atoms with Crippen LogP contribution in [-0.4, -0.2) is 28.8 Å². The van der Waals surface area contributed by atoms with E-state index in [-0.39, 0.29) is 18.3 Å². The number of Topliss-reactive ketones (excluding diaryl/α,β-unsaturated/α-hetero) is 1. The zero-order valence-electron chi connectivity index (χ0n) is 25.2. The third-order valence-electron chi connectivity index (χ3n) is 7.12. The average Bonchev–Trinajstić information content (AvgIpc) is 3.48. The number of amides is 1. The molecule has 1 N–H and O–H groups in total. The Labute approximate surface area is 245 Å². The van der Waals surface area contributed by atoms with Gasteiger partial charge in [-0.2, -0.15) is 0 Å². The first-order valence-electron chi connectivity index (χ1n) is 15.3. The van der Waals surface area contributed by atoms with Gasteiger partial charge in [-0.3, -0.25) is 9.59 Å². The molecule has 0 spiro atoms. The molecule has 9 heteroatoms. The fraction of sp³-hybridized carbons (Fsp3) is 0.656. The lowest BCUT2D eigenvalue weighted by molar-refractivity contribution is -0.763. The van der Waals surface area contributed by atoms with Crippen molar-refractivity contribution in [3.63, 3.8) is 0 Å². The maximum Gasteiger partial charge on any atom is 0.333 e. The summed E-state index contributed by atoms with van der Waals surface area (Å²) >= 11 is 0. The van der Waals surface area contributed by atoms with Crippen molar-refractivity contribution in [3.8, 4) is 5.75 Å². The van der Waals surface area contributed by atoms with Crippen LogP contribution in [0.4, 0.5) is 0 Å². The van der Waals surface area contributed by atoms with Gasteiger partial charge in [0.15, 0.2) is 0 Å². The monoisotopic (exact) mass is 574 g/mol. The minimum atomic E-state index is -0.921. The summed E-state index contributed by atoms with van der Waals surface area (Å²) in [5.74, 6) is 0.658. The van der Waals surface area contributed by atoms with Crippen LogP contribution in [0.2, 0.25) is 0 Å². The van der Waals surface area contributed by atoms with E-state index in [9.17, 15) is 24.5 Å². The van der Waals surface area contributed by atoms with Crippen molar-refractivity contribution in [2.24, 2.45) is 5.92 Å². The summed E-state index contributed by atoms with van der Waals surface area (Å²) in [7, 11) is 0. The average molecular weight is 575 g/mol. The number of para-hydroxylation sites is 1. The summed E-state index contributed by atoms with van der Waals surface area (Å²) in [6, 6.07) is 5.49. The van der Waals surface area contributed by atoms with Gasteiger partial charge >= 0.3 is 5.97 Å². The fourth-order valence-corrected chi connectivity index (χ4v) is 4.68. The highest BCUT2D eigenvalue weighted by molar-refractivity contribution is 5.85. The van der Waals surface area contributed by atoms with Crippen LogP contribution in [0.3, 0.4) is 0 Å². The number of benzene rings is 1. The smallest absolute Gasteiger partial charge is 0.333 e. The van der Waals surface area contributed by atoms with Gasteiger partial charge in [-0.1, -0.05) is 88.6 Å². The highest BCUT2D eigenvalue weighted by Gasteiger charge is 2.19. The number of hydrogen-bond acceptors (Lipinski definition) is 7. The second kappa shape index (κ2) is 22.5. The first kappa shape index (κ1) is 35.8. The molecule has 1 amide bonds. The van der Waals surface area contributed by atoms with Crippen LogP contribution in [-0.2, 0) is 25.8 Å². The summed E-state index contributed by atoms with van der Waals surface area (Å²) in [6.45, 7) is 5.32. The molecule has 0 radical (unpaired) electrons. The number of ether oxygens (including phenoxy) is 1. The quantitative estimate of drug-likeness (QED) is 0.0454. The molecule has 9 nitrogen and oxygen atoms in total. The normalized spacial score (nSPS) is 13.7. The van der Waals surface area contributed by atoms with Gasteiger partial charge in [-0.15, -0.1) is 10.1 Å². The van der Waals surface area contributed by atoms with Crippen molar-refractivity contribution < 1.29 is 29.0 Å². The Kier molecular flexibility index (Phi) is 19.6. The summed E-state index contributed by atoms with van der Waals surface area (Å²) in [4.78, 5) is 50.1. The molecule has 0 heterocycles. The van der Waals surface area contributed by atoms with Crippen LogP contribution in [0.25, 0.3) is 0 Å². The maximum atomic E-state index is 12.1. The highest BCUT2D eigenvalue weighted by Crippen LogP contribution is 2.28. The molecule has 0 aliphatic heterocycles. The van der Waals surface area contributed by atoms with E-state index in [0.717, 1.165) is 31.6 Å². The molecule has 1 aliphatic rings. The molecule has 0 saturated heterocycles. The molecule has 0 bridgehead atoms. The molecule has 1 aliphatic carbocycles. The van der Waals surface area contributed by atoms with Crippen LogP contribution in [0, 0.1) is 16.0 Å². The number of esters is 1. The number of nitrogens with one attached hydrogen (secondary N) is 1. The zero-order chi connectivity index (χ0) is 30.3. The van der Waals surface area contributed by atoms with Crippen molar-refractivity contribution >= 4 is 17.7 Å². The number of carbonyl (C=O) groups excluding carboxylic acids is 3. The lowest BCUT2D eigenvalue weighted by atomic mass is 9.98. The molecular formula is C32H50N2O7. The van der Waals surface area contributed by atoms with Crippen molar-refractivity contribution in [3.05, 3.63) is 52.1 Å². The minimum Gasteiger partial charge on any atom is -0.425 e. The Hall–Kier alpha value is -3.23. The summed E-state index contributed by atoms with van der Waals surface area (Å²) in [5.41, 5.74) is 0.359. The Morgan fingerprint density at radius 1 is 1.05 bits per heavy atom. The van der Waals surface area contributed by atoms with E-state index in [0.29, 0.717) is 24.2 Å². The van der Waals surface area contributed by atoms with Gasteiger partial charge in [0, 0.05) is 24.8 Å². The third kappa shape index (κ3) is 17.9. The number of ketones is 1. The van der Waals surface area contributed by atoms with Crippen LogP contribution >= 0.6 is 0 Å². The van der Waals surface area contributed by atoms with Crippen molar-refractivity contribution in [1.82, 2.24) is 5.32 Å². The van der Waals surface area contributed by atoms with Gasteiger partial charge in [0.1, 0.15) is 24.2 Å². The molecule has 2 rings (SSSR count). The first-order chi connectivity index (χ1) is 19.8. The predicted molar refractivity (Wildman–Crippen MR) is 160 cm³/mol. The molecule has 1 saturated carbocycles. The van der Waals surface area contributed by atoms with Gasteiger partial charge in [-0.05, 0) is 51.5 Å². The molecule has 1 aromatic carbocycles. The second-order valence-corrected chi connectivity index (χ2v) is 10.7. The molecule has 0 aromatic heterocycles. The van der Waals surface area contributed by atoms with Crippen LogP contribution < -0.4 is 10.1 Å². The lowest BCUT2D eigenvalue weighted by Gasteiger charge is -2.15. The molecule has 41 heavy (non-hydrogen) atoms. The van der Waals surface area contributed by atoms with E-state index < -0.39 is 17.1 Å². The predicted octanol–water partition coefficient (Wildman–Crippen LogP) is 7.44. The summed E-state index contributed by atoms with van der Waals surface area (Å²) in [6.07, 6.45) is 20.4. The Morgan fingerprint density at radius 3 is 2.44 bits per heavy atom. The Balaban J connectivity index is 0.000000452. The molecule has 1 atom stereocenters. The van der Waals surface area contributed by atoms with E-state index >= 15 is 0 Å². The van der Waals surface area contributed by atoms with Gasteiger partial charge in [0.2, 0.25) is 5.91 Å². The number of allylic oxidation sites excluding steroid dienone is 2. The zero-order valence-corrected chi connectivity index (χ0v) is 25.2. The first-order valence-corrected chi connectivity index (χ1v) is 15.3. The number of carbonyl (C=O) groups is 3. The van der Waals surface area contributed by atoms with E-state index in [1.807, 2.05) is 19.1 Å². The van der Waals surface area contributed by atoms with Crippen molar-refractivity contribution in [2.75, 3.05) is 0 Å². The lowest BCUT2D eigenvalue weighted by Crippen LogP contribution is -2.40. The second-order valence-electron chi connectivity index (χ2n) is 10.7. The Morgan fingerprint density at radius 2 is 1.76 bits per heavy atom. The molecule has 230 valence electrons. The molecule has 1 unspecified atom stereocenters. The van der Waals surface area contributed by atoms with Crippen LogP contribution in [0.15, 0.2) is 36.4 Å². The summed E-state index contributed by atoms with van der Waals surface area (Å²) < 4.78 is 5.22. The van der Waals surface area contributed by atoms with Crippen LogP contribution in [0.1, 0.15) is 123 Å². The number of hydrogen-bond donors (Lipinski definition) is 1. The SMILES string of the molecule is C/C=C\CCCC(=O)NC(C)C(=O)Oc1ccccc1CO[N+](=O)[O-].CCCCCCCC(=O)CCC1CCCC1. The number of nitrogens with zero attached hydrogens (tertiary/aromatic N) is 1.